The van der Waals surface area contributed by atoms with Crippen molar-refractivity contribution in [2.75, 3.05) is 13.4 Å². The average Bonchev–Trinajstić information content (AvgIpc) is 2.35. The lowest BCUT2D eigenvalue weighted by Gasteiger charge is -2.05. The molecule has 1 N–H and O–H groups in total. The van der Waals surface area contributed by atoms with Crippen LogP contribution in [0.25, 0.3) is 0 Å². The molecule has 0 saturated carbocycles. The van der Waals surface area contributed by atoms with E-state index < -0.39 is 6.10 Å². The largest absolute Gasteiger partial charge is 0.388 e. The van der Waals surface area contributed by atoms with Crippen LogP contribution in [0, 0.1) is 0 Å². The van der Waals surface area contributed by atoms with E-state index in [9.17, 15) is 0 Å². The molecule has 0 aliphatic carbocycles. The Balaban J connectivity index is 2.07. The molecule has 0 aromatic rings. The van der Waals surface area contributed by atoms with Gasteiger partial charge < -0.3 is 19.3 Å². The normalized spacial score (nSPS) is 49.7. The van der Waals surface area contributed by atoms with E-state index >= 15 is 0 Å². The van der Waals surface area contributed by atoms with Crippen LogP contribution in [0.4, 0.5) is 0 Å². The van der Waals surface area contributed by atoms with Crippen LogP contribution in [0.3, 0.4) is 0 Å². The highest BCUT2D eigenvalue weighted by Gasteiger charge is 2.41. The minimum absolute atomic E-state index is 0.242. The van der Waals surface area contributed by atoms with Crippen LogP contribution < -0.4 is 0 Å². The molecule has 2 rings (SSSR count). The molecule has 52 valence electrons. The number of rotatable bonds is 0. The molecular formula is C5H8O4. The summed E-state index contributed by atoms with van der Waals surface area (Å²) in [7, 11) is 0. The maximum atomic E-state index is 9.07. The number of fused-ring (bicyclic) bond motifs is 1. The van der Waals surface area contributed by atoms with Gasteiger partial charge in [0.25, 0.3) is 0 Å². The molecular weight excluding hydrogens is 124 g/mol. The van der Waals surface area contributed by atoms with Crippen molar-refractivity contribution >= 4 is 0 Å². The molecule has 3 atom stereocenters. The fourth-order valence-corrected chi connectivity index (χ4v) is 1.08. The topological polar surface area (TPSA) is 47.9 Å². The summed E-state index contributed by atoms with van der Waals surface area (Å²) in [4.78, 5) is 0. The van der Waals surface area contributed by atoms with Crippen molar-refractivity contribution in [3.8, 4) is 0 Å². The Morgan fingerprint density at radius 2 is 2.11 bits per heavy atom. The maximum Gasteiger partial charge on any atom is 0.189 e. The molecule has 4 heteroatoms. The standard InChI is InChI=1S/C5H8O4/c6-3-1-7-5-4(3)8-2-9-5/h3-6H,1-2H2. The second-order valence-corrected chi connectivity index (χ2v) is 2.18. The number of aliphatic hydroxyl groups is 1. The summed E-state index contributed by atoms with van der Waals surface area (Å²) in [6, 6.07) is 0. The van der Waals surface area contributed by atoms with Crippen molar-refractivity contribution in [1.82, 2.24) is 0 Å². The van der Waals surface area contributed by atoms with Crippen molar-refractivity contribution in [3.05, 3.63) is 0 Å². The molecule has 3 unspecified atom stereocenters. The molecule has 9 heavy (non-hydrogen) atoms. The van der Waals surface area contributed by atoms with Crippen molar-refractivity contribution in [3.63, 3.8) is 0 Å². The smallest absolute Gasteiger partial charge is 0.189 e. The van der Waals surface area contributed by atoms with Gasteiger partial charge in [0.15, 0.2) is 13.1 Å². The maximum absolute atomic E-state index is 9.07. The summed E-state index contributed by atoms with van der Waals surface area (Å²) in [5, 5.41) is 9.07. The van der Waals surface area contributed by atoms with Gasteiger partial charge in [-0.05, 0) is 0 Å². The van der Waals surface area contributed by atoms with Crippen LogP contribution in [-0.4, -0.2) is 37.0 Å². The Labute approximate surface area is 52.3 Å². The van der Waals surface area contributed by atoms with Crippen LogP contribution in [0.15, 0.2) is 0 Å². The van der Waals surface area contributed by atoms with Crippen LogP contribution in [0.1, 0.15) is 0 Å². The fourth-order valence-electron chi connectivity index (χ4n) is 1.08. The van der Waals surface area contributed by atoms with Crippen molar-refractivity contribution in [2.24, 2.45) is 0 Å². The lowest BCUT2D eigenvalue weighted by atomic mass is 10.2. The Hall–Kier alpha value is -0.160. The first kappa shape index (κ1) is 5.61. The van der Waals surface area contributed by atoms with Gasteiger partial charge in [0.2, 0.25) is 0 Å². The van der Waals surface area contributed by atoms with Gasteiger partial charge in [0.05, 0.1) is 6.61 Å². The summed E-state index contributed by atoms with van der Waals surface area (Å²) >= 11 is 0. The number of aliphatic hydroxyl groups excluding tert-OH is 1. The van der Waals surface area contributed by atoms with E-state index in [1.54, 1.807) is 0 Å². The molecule has 0 radical (unpaired) electrons. The Kier molecular flexibility index (Phi) is 1.19. The molecule has 4 nitrogen and oxygen atoms in total. The van der Waals surface area contributed by atoms with Gasteiger partial charge in [-0.2, -0.15) is 0 Å². The lowest BCUT2D eigenvalue weighted by molar-refractivity contribution is -0.0938. The fraction of sp³-hybridized carbons (Fsp3) is 1.00. The molecule has 2 aliphatic heterocycles. The third-order valence-electron chi connectivity index (χ3n) is 1.57. The molecule has 0 aromatic carbocycles. The second-order valence-electron chi connectivity index (χ2n) is 2.18. The van der Waals surface area contributed by atoms with Gasteiger partial charge >= 0.3 is 0 Å². The zero-order valence-electron chi connectivity index (χ0n) is 4.82. The first-order valence-corrected chi connectivity index (χ1v) is 2.91. The highest BCUT2D eigenvalue weighted by atomic mass is 16.8. The second kappa shape index (κ2) is 1.91. The van der Waals surface area contributed by atoms with E-state index in [1.165, 1.54) is 0 Å². The van der Waals surface area contributed by atoms with Gasteiger partial charge in [-0.3, -0.25) is 0 Å². The molecule has 0 aromatic heterocycles. The molecule has 2 aliphatic rings. The predicted molar refractivity (Wildman–Crippen MR) is 26.6 cm³/mol. The Morgan fingerprint density at radius 3 is 2.89 bits per heavy atom. The highest BCUT2D eigenvalue weighted by Crippen LogP contribution is 2.23. The third kappa shape index (κ3) is 0.753. The van der Waals surface area contributed by atoms with E-state index in [4.69, 9.17) is 19.3 Å². The quantitative estimate of drug-likeness (QED) is 0.463. The Bertz CT molecular complexity index is 116. The minimum Gasteiger partial charge on any atom is -0.388 e. The SMILES string of the molecule is OC1COC2OCOC12. The number of ether oxygens (including phenoxy) is 3. The van der Waals surface area contributed by atoms with Crippen LogP contribution >= 0.6 is 0 Å². The molecule has 0 bridgehead atoms. The van der Waals surface area contributed by atoms with E-state index in [2.05, 4.69) is 0 Å². The average molecular weight is 132 g/mol. The van der Waals surface area contributed by atoms with Gasteiger partial charge in [0.1, 0.15) is 12.2 Å². The van der Waals surface area contributed by atoms with E-state index in [-0.39, 0.29) is 19.2 Å². The molecule has 2 saturated heterocycles. The first-order chi connectivity index (χ1) is 4.38. The minimum atomic E-state index is -0.502. The van der Waals surface area contributed by atoms with Crippen molar-refractivity contribution in [1.29, 1.82) is 0 Å². The van der Waals surface area contributed by atoms with E-state index in [1.807, 2.05) is 0 Å². The zero-order valence-corrected chi connectivity index (χ0v) is 4.82. The van der Waals surface area contributed by atoms with Gasteiger partial charge in [-0.1, -0.05) is 0 Å². The van der Waals surface area contributed by atoms with Gasteiger partial charge in [0, 0.05) is 0 Å². The van der Waals surface area contributed by atoms with Crippen molar-refractivity contribution < 1.29 is 19.3 Å². The molecule has 2 fully saturated rings. The van der Waals surface area contributed by atoms with Crippen LogP contribution in [0.2, 0.25) is 0 Å². The predicted octanol–water partition coefficient (Wildman–Crippen LogP) is -0.924. The summed E-state index contributed by atoms with van der Waals surface area (Å²) in [6.07, 6.45) is -1.07. The van der Waals surface area contributed by atoms with Crippen LogP contribution in [-0.2, 0) is 14.2 Å². The van der Waals surface area contributed by atoms with Crippen LogP contribution in [0.5, 0.6) is 0 Å². The summed E-state index contributed by atoms with van der Waals surface area (Å²) in [5.41, 5.74) is 0. The number of hydrogen-bond acceptors (Lipinski definition) is 4. The van der Waals surface area contributed by atoms with Gasteiger partial charge in [-0.15, -0.1) is 0 Å². The Morgan fingerprint density at radius 1 is 1.22 bits per heavy atom. The zero-order chi connectivity index (χ0) is 6.27. The lowest BCUT2D eigenvalue weighted by Crippen LogP contribution is -2.26. The monoisotopic (exact) mass is 132 g/mol. The third-order valence-corrected chi connectivity index (χ3v) is 1.57. The van der Waals surface area contributed by atoms with E-state index in [0.29, 0.717) is 6.61 Å². The van der Waals surface area contributed by atoms with Gasteiger partial charge in [-0.25, -0.2) is 0 Å². The highest BCUT2D eigenvalue weighted by molar-refractivity contribution is 4.81. The molecule has 2 heterocycles. The van der Waals surface area contributed by atoms with E-state index in [0.717, 1.165) is 0 Å². The molecule has 0 spiro atoms. The summed E-state index contributed by atoms with van der Waals surface area (Å²) in [6.45, 7) is 0.571. The number of hydrogen-bond donors (Lipinski definition) is 1. The first-order valence-electron chi connectivity index (χ1n) is 2.91. The molecule has 0 amide bonds. The summed E-state index contributed by atoms with van der Waals surface area (Å²) in [5.74, 6) is 0. The van der Waals surface area contributed by atoms with Crippen molar-refractivity contribution in [2.45, 2.75) is 18.5 Å². The summed E-state index contributed by atoms with van der Waals surface area (Å²) < 4.78 is 14.9.